The van der Waals surface area contributed by atoms with Gasteiger partial charge in [0.2, 0.25) is 5.91 Å². The van der Waals surface area contributed by atoms with Gasteiger partial charge in [-0.15, -0.1) is 0 Å². The first kappa shape index (κ1) is 24.4. The third kappa shape index (κ3) is 6.16. The normalized spacial score (nSPS) is 19.2. The topological polar surface area (TPSA) is 23.6 Å². The Bertz CT molecular complexity index is 928. The number of hydrogen-bond acceptors (Lipinski definition) is 2. The first-order valence-electron chi connectivity index (χ1n) is 11.7. The van der Waals surface area contributed by atoms with E-state index < -0.39 is 0 Å². The van der Waals surface area contributed by atoms with E-state index in [4.69, 9.17) is 0 Å². The van der Waals surface area contributed by atoms with Gasteiger partial charge in [-0.1, -0.05) is 57.5 Å². The van der Waals surface area contributed by atoms with Gasteiger partial charge in [0.05, 0.1) is 0 Å². The van der Waals surface area contributed by atoms with E-state index in [1.165, 1.54) is 12.1 Å². The Morgan fingerprint density at radius 1 is 1.09 bits per heavy atom. The molecular weight excluding hydrogens is 406 g/mol. The lowest BCUT2D eigenvalue weighted by Crippen LogP contribution is -2.41. The van der Waals surface area contributed by atoms with Crippen LogP contribution in [0.25, 0.3) is 0 Å². The Morgan fingerprint density at radius 2 is 1.84 bits per heavy atom. The predicted octanol–water partition coefficient (Wildman–Crippen LogP) is 5.63. The minimum Gasteiger partial charge on any atom is -0.342 e. The average Bonchev–Trinajstić information content (AvgIpc) is 3.11. The van der Waals surface area contributed by atoms with E-state index in [0.29, 0.717) is 37.7 Å². The van der Waals surface area contributed by atoms with Crippen LogP contribution in [0.15, 0.2) is 42.5 Å². The molecule has 5 heteroatoms. The maximum absolute atomic E-state index is 14.4. The molecule has 0 saturated carbocycles. The number of carbonyl (C=O) groups is 1. The standard InChI is InChI=1S/C27H36F2N2O/c1-18(2)13-31(27(32)19(3)4)16-23-15-30(14-22-11-20(5)9-10-26(22)29)17-25(23)21-7-6-8-24(28)12-21/h6-12,18-19,23,25H,13-17H2,1-5H3. The highest BCUT2D eigenvalue weighted by atomic mass is 19.1. The largest absolute Gasteiger partial charge is 0.342 e. The molecule has 0 radical (unpaired) electrons. The molecule has 1 amide bonds. The third-order valence-electron chi connectivity index (χ3n) is 6.23. The van der Waals surface area contributed by atoms with Crippen molar-refractivity contribution in [2.75, 3.05) is 26.2 Å². The van der Waals surface area contributed by atoms with E-state index in [0.717, 1.165) is 17.7 Å². The number of amides is 1. The van der Waals surface area contributed by atoms with Gasteiger partial charge in [-0.25, -0.2) is 8.78 Å². The van der Waals surface area contributed by atoms with E-state index in [1.54, 1.807) is 18.2 Å². The second-order valence-electron chi connectivity index (χ2n) is 10.0. The Morgan fingerprint density at radius 3 is 2.50 bits per heavy atom. The van der Waals surface area contributed by atoms with Crippen LogP contribution >= 0.6 is 0 Å². The molecule has 0 bridgehead atoms. The molecule has 0 aromatic heterocycles. The van der Waals surface area contributed by atoms with Crippen LogP contribution in [-0.4, -0.2) is 41.9 Å². The van der Waals surface area contributed by atoms with Gasteiger partial charge in [-0.05, 0) is 42.5 Å². The number of rotatable bonds is 8. The van der Waals surface area contributed by atoms with E-state index in [1.807, 2.05) is 37.8 Å². The van der Waals surface area contributed by atoms with Crippen molar-refractivity contribution in [1.29, 1.82) is 0 Å². The van der Waals surface area contributed by atoms with Crippen LogP contribution in [0.4, 0.5) is 8.78 Å². The summed E-state index contributed by atoms with van der Waals surface area (Å²) in [7, 11) is 0. The summed E-state index contributed by atoms with van der Waals surface area (Å²) in [5, 5.41) is 0. The number of benzene rings is 2. The summed E-state index contributed by atoms with van der Waals surface area (Å²) in [5.74, 6) is 0.253. The van der Waals surface area contributed by atoms with Crippen LogP contribution in [0.1, 0.15) is 50.3 Å². The Balaban J connectivity index is 1.86. The number of halogens is 2. The molecule has 2 aromatic carbocycles. The summed E-state index contributed by atoms with van der Waals surface area (Å²) in [6.07, 6.45) is 0. The summed E-state index contributed by atoms with van der Waals surface area (Å²) in [4.78, 5) is 17.1. The fourth-order valence-electron chi connectivity index (χ4n) is 4.80. The van der Waals surface area contributed by atoms with E-state index in [9.17, 15) is 13.6 Å². The Labute approximate surface area is 191 Å². The second-order valence-corrected chi connectivity index (χ2v) is 10.0. The Kier molecular flexibility index (Phi) is 8.05. The van der Waals surface area contributed by atoms with Crippen LogP contribution < -0.4 is 0 Å². The lowest BCUT2D eigenvalue weighted by molar-refractivity contribution is -0.135. The monoisotopic (exact) mass is 442 g/mol. The van der Waals surface area contributed by atoms with Crippen LogP contribution in [-0.2, 0) is 11.3 Å². The molecule has 3 nitrogen and oxygen atoms in total. The molecule has 0 N–H and O–H groups in total. The van der Waals surface area contributed by atoms with Crippen molar-refractivity contribution in [2.24, 2.45) is 17.8 Å². The summed E-state index contributed by atoms with van der Waals surface area (Å²) >= 11 is 0. The molecule has 0 spiro atoms. The van der Waals surface area contributed by atoms with Crippen molar-refractivity contribution >= 4 is 5.91 Å². The minimum absolute atomic E-state index is 0.0692. The van der Waals surface area contributed by atoms with Gasteiger partial charge < -0.3 is 4.90 Å². The fraction of sp³-hybridized carbons (Fsp3) is 0.519. The van der Waals surface area contributed by atoms with E-state index in [-0.39, 0.29) is 35.3 Å². The van der Waals surface area contributed by atoms with E-state index >= 15 is 0 Å². The molecule has 2 atom stereocenters. The molecule has 2 aromatic rings. The molecule has 1 saturated heterocycles. The second kappa shape index (κ2) is 10.6. The van der Waals surface area contributed by atoms with E-state index in [2.05, 4.69) is 18.7 Å². The maximum Gasteiger partial charge on any atom is 0.225 e. The zero-order valence-corrected chi connectivity index (χ0v) is 19.9. The average molecular weight is 443 g/mol. The lowest BCUT2D eigenvalue weighted by atomic mass is 9.88. The highest BCUT2D eigenvalue weighted by Gasteiger charge is 2.36. The molecule has 1 aliphatic heterocycles. The van der Waals surface area contributed by atoms with Gasteiger partial charge >= 0.3 is 0 Å². The van der Waals surface area contributed by atoms with Crippen molar-refractivity contribution < 1.29 is 13.6 Å². The number of likely N-dealkylation sites (tertiary alicyclic amines) is 1. The number of aryl methyl sites for hydroxylation is 1. The fourth-order valence-corrected chi connectivity index (χ4v) is 4.80. The summed E-state index contributed by atoms with van der Waals surface area (Å²) in [5.41, 5.74) is 2.66. The van der Waals surface area contributed by atoms with Gasteiger partial charge in [0.1, 0.15) is 11.6 Å². The molecule has 174 valence electrons. The molecule has 2 unspecified atom stereocenters. The van der Waals surface area contributed by atoms with Crippen molar-refractivity contribution in [1.82, 2.24) is 9.80 Å². The van der Waals surface area contributed by atoms with Crippen LogP contribution in [0.2, 0.25) is 0 Å². The zero-order valence-electron chi connectivity index (χ0n) is 19.9. The van der Waals surface area contributed by atoms with Crippen LogP contribution in [0.5, 0.6) is 0 Å². The smallest absolute Gasteiger partial charge is 0.225 e. The molecule has 3 rings (SSSR count). The third-order valence-corrected chi connectivity index (χ3v) is 6.23. The number of nitrogens with zero attached hydrogens (tertiary/aromatic N) is 2. The molecule has 1 fully saturated rings. The maximum atomic E-state index is 14.4. The van der Waals surface area contributed by atoms with Gasteiger partial charge in [0.25, 0.3) is 0 Å². The highest BCUT2D eigenvalue weighted by molar-refractivity contribution is 5.78. The SMILES string of the molecule is Cc1ccc(F)c(CN2CC(CN(CC(C)C)C(=O)C(C)C)C(c3cccc(F)c3)C2)c1. The zero-order chi connectivity index (χ0) is 23.4. The van der Waals surface area contributed by atoms with Gasteiger partial charge in [-0.3, -0.25) is 9.69 Å². The highest BCUT2D eigenvalue weighted by Crippen LogP contribution is 2.35. The van der Waals surface area contributed by atoms with Gasteiger partial charge in [0, 0.05) is 50.1 Å². The predicted molar refractivity (Wildman–Crippen MR) is 125 cm³/mol. The van der Waals surface area contributed by atoms with Crippen molar-refractivity contribution in [3.05, 3.63) is 70.8 Å². The summed E-state index contributed by atoms with van der Waals surface area (Å²) in [6.45, 7) is 13.4. The van der Waals surface area contributed by atoms with Gasteiger partial charge in [-0.2, -0.15) is 0 Å². The molecular formula is C27H36F2N2O. The minimum atomic E-state index is -0.248. The van der Waals surface area contributed by atoms with Crippen molar-refractivity contribution in [3.8, 4) is 0 Å². The molecule has 1 heterocycles. The molecule has 32 heavy (non-hydrogen) atoms. The van der Waals surface area contributed by atoms with Crippen molar-refractivity contribution in [3.63, 3.8) is 0 Å². The Hall–Kier alpha value is -2.27. The first-order valence-corrected chi connectivity index (χ1v) is 11.7. The number of hydrogen-bond donors (Lipinski definition) is 0. The quantitative estimate of drug-likeness (QED) is 0.529. The van der Waals surface area contributed by atoms with Crippen molar-refractivity contribution in [2.45, 2.75) is 47.1 Å². The van der Waals surface area contributed by atoms with Gasteiger partial charge in [0.15, 0.2) is 0 Å². The van der Waals surface area contributed by atoms with Crippen LogP contribution in [0, 0.1) is 36.3 Å². The lowest BCUT2D eigenvalue weighted by Gasteiger charge is -2.31. The first-order chi connectivity index (χ1) is 15.1. The summed E-state index contributed by atoms with van der Waals surface area (Å²) in [6, 6.07) is 12.0. The van der Waals surface area contributed by atoms with Crippen LogP contribution in [0.3, 0.4) is 0 Å². The molecule has 1 aliphatic rings. The molecule has 0 aliphatic carbocycles. The summed E-state index contributed by atoms with van der Waals surface area (Å²) < 4.78 is 28.4. The number of carbonyl (C=O) groups excluding carboxylic acids is 1.